The van der Waals surface area contributed by atoms with Crippen molar-refractivity contribution in [3.05, 3.63) is 35.9 Å². The Morgan fingerprint density at radius 3 is 2.28 bits per heavy atom. The summed E-state index contributed by atoms with van der Waals surface area (Å²) < 4.78 is 5.16. The van der Waals surface area contributed by atoms with Gasteiger partial charge in [0.15, 0.2) is 0 Å². The third-order valence-electron chi connectivity index (χ3n) is 4.21. The Hall–Kier alpha value is -2.57. The summed E-state index contributed by atoms with van der Waals surface area (Å²) in [6.07, 6.45) is -0.494. The van der Waals surface area contributed by atoms with Gasteiger partial charge in [0.05, 0.1) is 0 Å². The molecule has 0 heterocycles. The van der Waals surface area contributed by atoms with Gasteiger partial charge in [-0.05, 0) is 24.8 Å². The number of aliphatic carboxylic acids is 1. The first-order valence-corrected chi connectivity index (χ1v) is 8.23. The average molecular weight is 350 g/mol. The molecule has 1 rings (SSSR count). The maximum absolute atomic E-state index is 12.5. The van der Waals surface area contributed by atoms with Crippen molar-refractivity contribution in [2.75, 3.05) is 0 Å². The first-order valence-electron chi connectivity index (χ1n) is 8.23. The number of hydrogen-bond acceptors (Lipinski definition) is 4. The molecule has 7 heteroatoms. The summed E-state index contributed by atoms with van der Waals surface area (Å²) in [6.45, 7) is 6.81. The number of amides is 2. The van der Waals surface area contributed by atoms with Crippen molar-refractivity contribution in [2.24, 2.45) is 5.92 Å². The minimum atomic E-state index is -1.29. The van der Waals surface area contributed by atoms with E-state index in [2.05, 4.69) is 10.6 Å². The summed E-state index contributed by atoms with van der Waals surface area (Å²) in [7, 11) is 0. The van der Waals surface area contributed by atoms with Gasteiger partial charge in [-0.2, -0.15) is 0 Å². The average Bonchev–Trinajstić information content (AvgIpc) is 2.57. The van der Waals surface area contributed by atoms with Crippen LogP contribution in [0, 0.1) is 5.92 Å². The number of nitrogens with one attached hydrogen (secondary N) is 2. The highest BCUT2D eigenvalue weighted by Gasteiger charge is 2.40. The molecule has 0 saturated heterocycles. The molecule has 1 aromatic carbocycles. The Morgan fingerprint density at radius 2 is 1.80 bits per heavy atom. The van der Waals surface area contributed by atoms with E-state index in [-0.39, 0.29) is 18.9 Å². The molecule has 2 unspecified atom stereocenters. The molecule has 0 aromatic heterocycles. The number of carboxylic acids is 1. The van der Waals surface area contributed by atoms with Crippen molar-refractivity contribution in [1.29, 1.82) is 0 Å². The minimum absolute atomic E-state index is 0.0786. The van der Waals surface area contributed by atoms with Gasteiger partial charge in [0, 0.05) is 0 Å². The third kappa shape index (κ3) is 5.77. The molecule has 0 spiro atoms. The molecule has 0 fully saturated rings. The molecule has 0 aliphatic heterocycles. The van der Waals surface area contributed by atoms with E-state index in [1.807, 2.05) is 30.3 Å². The highest BCUT2D eigenvalue weighted by Crippen LogP contribution is 2.18. The standard InChI is InChI=1S/C18H26N2O5/c1-5-14(15(21)22)19-16(23)18(4,12(2)3)20-17(24)25-11-13-9-7-6-8-10-13/h6-10,12,14H,5,11H2,1-4H3,(H,19,23)(H,20,24)(H,21,22). The lowest BCUT2D eigenvalue weighted by atomic mass is 9.87. The van der Waals surface area contributed by atoms with E-state index in [1.165, 1.54) is 0 Å². The van der Waals surface area contributed by atoms with Gasteiger partial charge in [0.25, 0.3) is 0 Å². The molecular formula is C18H26N2O5. The molecule has 0 bridgehead atoms. The van der Waals surface area contributed by atoms with Crippen LogP contribution >= 0.6 is 0 Å². The predicted octanol–water partition coefficient (Wildman–Crippen LogP) is 2.31. The van der Waals surface area contributed by atoms with E-state index >= 15 is 0 Å². The molecule has 3 N–H and O–H groups in total. The fraction of sp³-hybridized carbons (Fsp3) is 0.500. The van der Waals surface area contributed by atoms with E-state index in [1.54, 1.807) is 27.7 Å². The zero-order valence-electron chi connectivity index (χ0n) is 15.0. The van der Waals surface area contributed by atoms with Crippen LogP contribution < -0.4 is 10.6 Å². The van der Waals surface area contributed by atoms with E-state index < -0.39 is 29.6 Å². The Kier molecular flexibility index (Phi) is 7.42. The van der Waals surface area contributed by atoms with Crippen molar-refractivity contribution in [3.63, 3.8) is 0 Å². The van der Waals surface area contributed by atoms with E-state index in [9.17, 15) is 14.4 Å². The molecule has 2 atom stereocenters. The van der Waals surface area contributed by atoms with Crippen LogP contribution in [0.25, 0.3) is 0 Å². The first-order chi connectivity index (χ1) is 11.7. The van der Waals surface area contributed by atoms with Gasteiger partial charge in [-0.15, -0.1) is 0 Å². The summed E-state index contributed by atoms with van der Waals surface area (Å²) >= 11 is 0. The summed E-state index contributed by atoms with van der Waals surface area (Å²) in [4.78, 5) is 35.8. The van der Waals surface area contributed by atoms with E-state index in [0.29, 0.717) is 0 Å². The van der Waals surface area contributed by atoms with Gasteiger partial charge in [0.2, 0.25) is 5.91 Å². The molecule has 0 aliphatic rings. The Bertz CT molecular complexity index is 603. The van der Waals surface area contributed by atoms with Crippen LogP contribution in [0.1, 0.15) is 39.7 Å². The Balaban J connectivity index is 2.74. The number of ether oxygens (including phenoxy) is 1. The number of carbonyl (C=O) groups excluding carboxylic acids is 2. The normalized spacial score (nSPS) is 14.3. The van der Waals surface area contributed by atoms with E-state index in [4.69, 9.17) is 9.84 Å². The molecule has 0 saturated carbocycles. The molecular weight excluding hydrogens is 324 g/mol. The monoisotopic (exact) mass is 350 g/mol. The highest BCUT2D eigenvalue weighted by atomic mass is 16.5. The molecule has 1 aromatic rings. The molecule has 2 amide bonds. The van der Waals surface area contributed by atoms with Crippen molar-refractivity contribution in [2.45, 2.75) is 52.3 Å². The molecule has 138 valence electrons. The van der Waals surface area contributed by atoms with Crippen LogP contribution in [0.15, 0.2) is 30.3 Å². The molecule has 7 nitrogen and oxygen atoms in total. The second-order valence-electron chi connectivity index (χ2n) is 6.32. The lowest BCUT2D eigenvalue weighted by Crippen LogP contribution is -2.62. The summed E-state index contributed by atoms with van der Waals surface area (Å²) in [5.74, 6) is -1.95. The number of alkyl carbamates (subject to hydrolysis) is 1. The van der Waals surface area contributed by atoms with Crippen LogP contribution in [-0.2, 0) is 20.9 Å². The highest BCUT2D eigenvalue weighted by molar-refractivity contribution is 5.92. The quantitative estimate of drug-likeness (QED) is 0.667. The Morgan fingerprint density at radius 1 is 1.20 bits per heavy atom. The van der Waals surface area contributed by atoms with Crippen LogP contribution in [0.3, 0.4) is 0 Å². The fourth-order valence-corrected chi connectivity index (χ4v) is 2.08. The zero-order chi connectivity index (χ0) is 19.0. The van der Waals surface area contributed by atoms with Crippen molar-refractivity contribution in [1.82, 2.24) is 10.6 Å². The first kappa shape index (κ1) is 20.5. The number of carboxylic acid groups (broad SMARTS) is 1. The summed E-state index contributed by atoms with van der Waals surface area (Å²) in [5.41, 5.74) is -0.471. The van der Waals surface area contributed by atoms with Gasteiger partial charge >= 0.3 is 12.1 Å². The second kappa shape index (κ2) is 9.05. The van der Waals surface area contributed by atoms with Gasteiger partial charge in [-0.25, -0.2) is 9.59 Å². The van der Waals surface area contributed by atoms with Crippen molar-refractivity contribution in [3.8, 4) is 0 Å². The molecule has 0 radical (unpaired) electrons. The van der Waals surface area contributed by atoms with Crippen LogP contribution in [-0.4, -0.2) is 34.7 Å². The van der Waals surface area contributed by atoms with Crippen LogP contribution in [0.5, 0.6) is 0 Å². The molecule has 25 heavy (non-hydrogen) atoms. The minimum Gasteiger partial charge on any atom is -0.480 e. The van der Waals surface area contributed by atoms with Crippen LogP contribution in [0.2, 0.25) is 0 Å². The zero-order valence-corrected chi connectivity index (χ0v) is 15.0. The topological polar surface area (TPSA) is 105 Å². The fourth-order valence-electron chi connectivity index (χ4n) is 2.08. The maximum atomic E-state index is 12.5. The summed E-state index contributed by atoms with van der Waals surface area (Å²) in [5, 5.41) is 14.1. The SMILES string of the molecule is CCC(NC(=O)C(C)(NC(=O)OCc1ccccc1)C(C)C)C(=O)O. The number of hydrogen-bond donors (Lipinski definition) is 3. The molecule has 0 aliphatic carbocycles. The third-order valence-corrected chi connectivity index (χ3v) is 4.21. The number of carbonyl (C=O) groups is 3. The van der Waals surface area contributed by atoms with Gasteiger partial charge in [-0.1, -0.05) is 51.1 Å². The lowest BCUT2D eigenvalue weighted by molar-refractivity contribution is -0.143. The predicted molar refractivity (Wildman–Crippen MR) is 92.9 cm³/mol. The van der Waals surface area contributed by atoms with Crippen molar-refractivity contribution < 1.29 is 24.2 Å². The second-order valence-corrected chi connectivity index (χ2v) is 6.32. The maximum Gasteiger partial charge on any atom is 0.408 e. The van der Waals surface area contributed by atoms with Gasteiger partial charge < -0.3 is 20.5 Å². The Labute approximate surface area is 147 Å². The lowest BCUT2D eigenvalue weighted by Gasteiger charge is -2.33. The smallest absolute Gasteiger partial charge is 0.408 e. The van der Waals surface area contributed by atoms with Crippen molar-refractivity contribution >= 4 is 18.0 Å². The van der Waals surface area contributed by atoms with E-state index in [0.717, 1.165) is 5.56 Å². The largest absolute Gasteiger partial charge is 0.480 e. The van der Waals surface area contributed by atoms with Gasteiger partial charge in [-0.3, -0.25) is 4.79 Å². The number of rotatable bonds is 8. The van der Waals surface area contributed by atoms with Gasteiger partial charge in [0.1, 0.15) is 18.2 Å². The number of benzene rings is 1. The van der Waals surface area contributed by atoms with Crippen LogP contribution in [0.4, 0.5) is 4.79 Å². The summed E-state index contributed by atoms with van der Waals surface area (Å²) in [6, 6.07) is 8.16.